The fraction of sp³-hybridized carbons (Fsp3) is 1.00. The lowest BCUT2D eigenvalue weighted by molar-refractivity contribution is 0.164. The molecule has 2 radical (unpaired) electrons. The largest absolute Gasteiger partial charge is 0.383 e. The highest BCUT2D eigenvalue weighted by Crippen LogP contribution is 1.83. The van der Waals surface area contributed by atoms with E-state index in [-0.39, 0.29) is 0 Å². The fourth-order valence-electron chi connectivity index (χ4n) is 0.579. The van der Waals surface area contributed by atoms with Gasteiger partial charge in [0.15, 0.2) is 0 Å². The van der Waals surface area contributed by atoms with E-state index >= 15 is 0 Å². The topological polar surface area (TPSA) is 12.5 Å². The summed E-state index contributed by atoms with van der Waals surface area (Å²) in [6.07, 6.45) is 0.722. The van der Waals surface area contributed by atoms with Gasteiger partial charge in [0.05, 0.1) is 14.5 Å². The van der Waals surface area contributed by atoms with Crippen LogP contribution in [-0.2, 0) is 4.74 Å². The standard InChI is InChI=1S/C6H14BNO/c1-8(4-3-7)5-6-9-2/h3-6H2,1-2H3. The van der Waals surface area contributed by atoms with Gasteiger partial charge in [0.2, 0.25) is 0 Å². The summed E-state index contributed by atoms with van der Waals surface area (Å²) in [7, 11) is 9.06. The third-order valence-electron chi connectivity index (χ3n) is 1.19. The molecule has 0 spiro atoms. The van der Waals surface area contributed by atoms with E-state index in [9.17, 15) is 0 Å². The minimum Gasteiger partial charge on any atom is -0.383 e. The fourth-order valence-corrected chi connectivity index (χ4v) is 0.579. The van der Waals surface area contributed by atoms with E-state index in [2.05, 4.69) is 4.90 Å². The number of methoxy groups -OCH3 is 1. The van der Waals surface area contributed by atoms with Crippen molar-refractivity contribution in [3.05, 3.63) is 0 Å². The molecule has 0 saturated heterocycles. The smallest absolute Gasteiger partial charge is 0.0670 e. The molecular weight excluding hydrogens is 113 g/mol. The normalized spacial score (nSPS) is 10.6. The molecule has 0 N–H and O–H groups in total. The average molecular weight is 127 g/mol. The van der Waals surface area contributed by atoms with Gasteiger partial charge in [-0.05, 0) is 13.6 Å². The van der Waals surface area contributed by atoms with Gasteiger partial charge in [-0.25, -0.2) is 0 Å². The van der Waals surface area contributed by atoms with Crippen molar-refractivity contribution >= 4 is 7.85 Å². The first-order valence-electron chi connectivity index (χ1n) is 3.18. The molecule has 2 nitrogen and oxygen atoms in total. The van der Waals surface area contributed by atoms with Crippen molar-refractivity contribution in [2.75, 3.05) is 33.9 Å². The minimum absolute atomic E-state index is 0.722. The number of nitrogens with zero attached hydrogens (tertiary/aromatic N) is 1. The Hall–Kier alpha value is -0.0151. The van der Waals surface area contributed by atoms with Gasteiger partial charge in [0, 0.05) is 13.7 Å². The number of likely N-dealkylation sites (N-methyl/N-ethyl adjacent to an activating group) is 1. The summed E-state index contributed by atoms with van der Waals surface area (Å²) in [5.41, 5.74) is 0. The zero-order valence-electron chi connectivity index (χ0n) is 6.26. The lowest BCUT2D eigenvalue weighted by Gasteiger charge is -2.13. The minimum atomic E-state index is 0.722. The maximum absolute atomic E-state index is 5.32. The first kappa shape index (κ1) is 8.98. The predicted octanol–water partition coefficient (Wildman–Crippen LogP) is 0.151. The van der Waals surface area contributed by atoms with Crippen molar-refractivity contribution in [3.8, 4) is 0 Å². The predicted molar refractivity (Wildman–Crippen MR) is 39.9 cm³/mol. The van der Waals surface area contributed by atoms with E-state index in [1.807, 2.05) is 7.05 Å². The van der Waals surface area contributed by atoms with Gasteiger partial charge in [-0.1, -0.05) is 6.32 Å². The van der Waals surface area contributed by atoms with Crippen LogP contribution in [0.5, 0.6) is 0 Å². The Morgan fingerprint density at radius 1 is 1.44 bits per heavy atom. The summed E-state index contributed by atoms with van der Waals surface area (Å²) in [5, 5.41) is 0. The van der Waals surface area contributed by atoms with Crippen LogP contribution in [0.1, 0.15) is 0 Å². The van der Waals surface area contributed by atoms with Crippen molar-refractivity contribution in [1.82, 2.24) is 4.90 Å². The molecule has 0 aliphatic rings. The molecule has 0 aromatic carbocycles. The first-order chi connectivity index (χ1) is 4.31. The van der Waals surface area contributed by atoms with Crippen LogP contribution in [0, 0.1) is 0 Å². The van der Waals surface area contributed by atoms with Crippen molar-refractivity contribution in [2.45, 2.75) is 6.32 Å². The number of rotatable bonds is 5. The molecule has 0 bridgehead atoms. The van der Waals surface area contributed by atoms with E-state index in [1.165, 1.54) is 0 Å². The molecule has 0 aromatic heterocycles. The van der Waals surface area contributed by atoms with Crippen LogP contribution >= 0.6 is 0 Å². The molecule has 0 aliphatic heterocycles. The van der Waals surface area contributed by atoms with Crippen LogP contribution < -0.4 is 0 Å². The van der Waals surface area contributed by atoms with Crippen molar-refractivity contribution in [1.29, 1.82) is 0 Å². The molecule has 52 valence electrons. The van der Waals surface area contributed by atoms with Crippen molar-refractivity contribution in [2.24, 2.45) is 0 Å². The lowest BCUT2D eigenvalue weighted by Crippen LogP contribution is -2.23. The van der Waals surface area contributed by atoms with Gasteiger partial charge in [0.25, 0.3) is 0 Å². The van der Waals surface area contributed by atoms with E-state index < -0.39 is 0 Å². The van der Waals surface area contributed by atoms with Crippen LogP contribution in [0.25, 0.3) is 0 Å². The number of hydrogen-bond donors (Lipinski definition) is 0. The number of hydrogen-bond acceptors (Lipinski definition) is 2. The molecule has 0 fully saturated rings. The summed E-state index contributed by atoms with van der Waals surface area (Å²) in [5.74, 6) is 0. The van der Waals surface area contributed by atoms with Gasteiger partial charge in [0.1, 0.15) is 0 Å². The van der Waals surface area contributed by atoms with Crippen molar-refractivity contribution in [3.63, 3.8) is 0 Å². The van der Waals surface area contributed by atoms with Crippen LogP contribution in [0.3, 0.4) is 0 Å². The monoisotopic (exact) mass is 127 g/mol. The Labute approximate surface area is 58.6 Å². The Morgan fingerprint density at radius 3 is 2.56 bits per heavy atom. The Balaban J connectivity index is 2.95. The molecular formula is C6H14BNO. The Kier molecular flexibility index (Phi) is 6.10. The molecule has 0 atom stereocenters. The molecule has 0 unspecified atom stereocenters. The van der Waals surface area contributed by atoms with E-state index in [0.29, 0.717) is 0 Å². The summed E-state index contributed by atoms with van der Waals surface area (Å²) in [6.45, 7) is 2.70. The second kappa shape index (κ2) is 6.11. The van der Waals surface area contributed by atoms with Crippen LogP contribution in [-0.4, -0.2) is 46.6 Å². The summed E-state index contributed by atoms with van der Waals surface area (Å²) in [4.78, 5) is 2.14. The molecule has 0 heterocycles. The Bertz CT molecular complexity index is 61.0. The van der Waals surface area contributed by atoms with Gasteiger partial charge >= 0.3 is 0 Å². The highest BCUT2D eigenvalue weighted by molar-refractivity contribution is 6.08. The van der Waals surface area contributed by atoms with Gasteiger partial charge < -0.3 is 9.64 Å². The zero-order valence-corrected chi connectivity index (χ0v) is 6.26. The zero-order chi connectivity index (χ0) is 7.11. The quantitative estimate of drug-likeness (QED) is 0.487. The first-order valence-corrected chi connectivity index (χ1v) is 3.18. The van der Waals surface area contributed by atoms with Gasteiger partial charge in [-0.15, -0.1) is 0 Å². The van der Waals surface area contributed by atoms with Crippen LogP contribution in [0.2, 0.25) is 6.32 Å². The molecule has 0 aliphatic carbocycles. The summed E-state index contributed by atoms with van der Waals surface area (Å²) in [6, 6.07) is 0. The second-order valence-corrected chi connectivity index (χ2v) is 2.08. The highest BCUT2D eigenvalue weighted by Gasteiger charge is 1.92. The average Bonchev–Trinajstić information content (AvgIpc) is 1.85. The SMILES string of the molecule is [B]CCN(C)CCOC. The molecule has 9 heavy (non-hydrogen) atoms. The second-order valence-electron chi connectivity index (χ2n) is 2.08. The molecule has 0 rings (SSSR count). The molecule has 3 heteroatoms. The Morgan fingerprint density at radius 2 is 2.11 bits per heavy atom. The maximum atomic E-state index is 5.32. The maximum Gasteiger partial charge on any atom is 0.0670 e. The number of ether oxygens (including phenoxy) is 1. The molecule has 0 saturated carbocycles. The highest BCUT2D eigenvalue weighted by atomic mass is 16.5. The summed E-state index contributed by atoms with van der Waals surface area (Å²) < 4.78 is 4.88. The van der Waals surface area contributed by atoms with E-state index in [0.717, 1.165) is 26.0 Å². The van der Waals surface area contributed by atoms with E-state index in [4.69, 9.17) is 12.6 Å². The van der Waals surface area contributed by atoms with Crippen molar-refractivity contribution < 1.29 is 4.74 Å². The van der Waals surface area contributed by atoms with Crippen LogP contribution in [0.15, 0.2) is 0 Å². The third kappa shape index (κ3) is 5.86. The van der Waals surface area contributed by atoms with Gasteiger partial charge in [-0.3, -0.25) is 0 Å². The van der Waals surface area contributed by atoms with Gasteiger partial charge in [-0.2, -0.15) is 0 Å². The van der Waals surface area contributed by atoms with E-state index in [1.54, 1.807) is 7.11 Å². The summed E-state index contributed by atoms with van der Waals surface area (Å²) >= 11 is 0. The molecule has 0 aromatic rings. The lowest BCUT2D eigenvalue weighted by atomic mass is 10.1. The third-order valence-corrected chi connectivity index (χ3v) is 1.19. The molecule has 0 amide bonds. The van der Waals surface area contributed by atoms with Crippen LogP contribution in [0.4, 0.5) is 0 Å².